The zero-order chi connectivity index (χ0) is 7.33. The van der Waals surface area contributed by atoms with Crippen LogP contribution in [0.1, 0.15) is 6.42 Å². The smallest absolute Gasteiger partial charge is 0.264 e. The summed E-state index contributed by atoms with van der Waals surface area (Å²) in [6, 6.07) is 0. The Morgan fingerprint density at radius 1 is 1.56 bits per heavy atom. The molecule has 4 nitrogen and oxygen atoms in total. The molecule has 0 aliphatic carbocycles. The minimum Gasteiger partial charge on any atom is -0.312 e. The monoisotopic (exact) mass is 171 g/mol. The molecular weight excluding hydrogens is 161 g/mol. The zero-order valence-corrected chi connectivity index (χ0v) is 6.69. The third-order valence-corrected chi connectivity index (χ3v) is 2.17. The van der Waals surface area contributed by atoms with Crippen LogP contribution in [0.5, 0.6) is 0 Å². The molecule has 0 aliphatic rings. The highest BCUT2D eigenvalue weighted by Gasteiger charge is 2.01. The molecule has 0 aliphatic heterocycles. The number of nitrogens with two attached hydrogens (primary N) is 1. The molecule has 3 N–H and O–H groups in total. The largest absolute Gasteiger partial charge is 0.312 e. The molecule has 9 heavy (non-hydrogen) atoms. The summed E-state index contributed by atoms with van der Waals surface area (Å²) in [5.74, 6) is -0.169. The van der Waals surface area contributed by atoms with Crippen molar-refractivity contribution in [2.75, 3.05) is 11.9 Å². The van der Waals surface area contributed by atoms with E-state index in [1.165, 1.54) is 0 Å². The van der Waals surface area contributed by atoms with Gasteiger partial charge in [0.1, 0.15) is 0 Å². The average Bonchev–Trinajstić information content (AvgIpc) is 1.63. The summed E-state index contributed by atoms with van der Waals surface area (Å²) >= 11 is 0. The molecule has 0 aromatic rings. The molecule has 0 aromatic carbocycles. The molecule has 0 saturated heterocycles. The summed E-state index contributed by atoms with van der Waals surface area (Å²) in [6.45, 7) is 0. The highest BCUT2D eigenvalue weighted by atomic mass is 32.2. The predicted molar refractivity (Wildman–Crippen MR) is 38.4 cm³/mol. The lowest BCUT2D eigenvalue weighted by atomic mass is 10.6. The lowest BCUT2D eigenvalue weighted by Crippen LogP contribution is -2.04. The summed E-state index contributed by atoms with van der Waals surface area (Å²) in [5.41, 5.74) is 5.11. The van der Waals surface area contributed by atoms with Crippen LogP contribution < -0.4 is 5.50 Å². The van der Waals surface area contributed by atoms with E-state index in [2.05, 4.69) is 0 Å². The Labute approximate surface area is 56.4 Å². The molecule has 0 heterocycles. The van der Waals surface area contributed by atoms with Crippen molar-refractivity contribution in [2.45, 2.75) is 6.42 Å². The molecule has 1 unspecified atom stereocenters. The van der Waals surface area contributed by atoms with Crippen LogP contribution in [-0.2, 0) is 10.1 Å². The number of rotatable bonds is 4. The maximum atomic E-state index is 10.0. The van der Waals surface area contributed by atoms with Crippen LogP contribution in [0.25, 0.3) is 0 Å². The SMILES string of the molecule is NPCCCS(=O)(=O)O. The van der Waals surface area contributed by atoms with Crippen molar-refractivity contribution in [3.05, 3.63) is 0 Å². The van der Waals surface area contributed by atoms with Crippen LogP contribution in [0.15, 0.2) is 0 Å². The highest BCUT2D eigenvalue weighted by molar-refractivity contribution is 7.85. The molecule has 0 amide bonds. The maximum absolute atomic E-state index is 10.0. The Hall–Kier alpha value is 0.300. The fourth-order valence-corrected chi connectivity index (χ4v) is 1.50. The van der Waals surface area contributed by atoms with Crippen molar-refractivity contribution >= 4 is 18.8 Å². The predicted octanol–water partition coefficient (Wildman–Crippen LogP) is -0.184. The minimum absolute atomic E-state index is 0.169. The third kappa shape index (κ3) is 8.30. The van der Waals surface area contributed by atoms with Crippen molar-refractivity contribution < 1.29 is 13.0 Å². The molecule has 0 fully saturated rings. The van der Waals surface area contributed by atoms with E-state index in [1.54, 1.807) is 0 Å². The van der Waals surface area contributed by atoms with E-state index in [-0.39, 0.29) is 14.5 Å². The van der Waals surface area contributed by atoms with Gasteiger partial charge in [0.15, 0.2) is 0 Å². The van der Waals surface area contributed by atoms with Crippen molar-refractivity contribution in [1.82, 2.24) is 0 Å². The Balaban J connectivity index is 3.30. The van der Waals surface area contributed by atoms with E-state index in [4.69, 9.17) is 10.1 Å². The molecule has 1 atom stereocenters. The Kier molecular flexibility index (Phi) is 4.31. The quantitative estimate of drug-likeness (QED) is 0.349. The van der Waals surface area contributed by atoms with Crippen LogP contribution >= 0.6 is 8.73 Å². The van der Waals surface area contributed by atoms with Gasteiger partial charge in [-0.25, -0.2) is 0 Å². The van der Waals surface area contributed by atoms with Gasteiger partial charge < -0.3 is 5.50 Å². The Morgan fingerprint density at radius 3 is 2.44 bits per heavy atom. The molecule has 56 valence electrons. The van der Waals surface area contributed by atoms with Gasteiger partial charge in [0.2, 0.25) is 0 Å². The van der Waals surface area contributed by atoms with Gasteiger partial charge in [-0.1, -0.05) is 8.73 Å². The van der Waals surface area contributed by atoms with E-state index >= 15 is 0 Å². The van der Waals surface area contributed by atoms with E-state index in [1.807, 2.05) is 0 Å². The second kappa shape index (κ2) is 4.17. The molecule has 0 rings (SSSR count). The molecule has 0 bridgehead atoms. The third-order valence-electron chi connectivity index (χ3n) is 0.723. The van der Waals surface area contributed by atoms with E-state index in [0.29, 0.717) is 12.6 Å². The van der Waals surface area contributed by atoms with Crippen molar-refractivity contribution in [3.63, 3.8) is 0 Å². The van der Waals surface area contributed by atoms with Gasteiger partial charge in [-0.15, -0.1) is 0 Å². The lowest BCUT2D eigenvalue weighted by Gasteiger charge is -1.93. The molecule has 0 saturated carbocycles. The molecule has 6 heteroatoms. The first-order chi connectivity index (χ1) is 4.06. The Morgan fingerprint density at radius 2 is 2.11 bits per heavy atom. The van der Waals surface area contributed by atoms with Crippen molar-refractivity contribution in [2.24, 2.45) is 5.50 Å². The van der Waals surface area contributed by atoms with Gasteiger partial charge >= 0.3 is 0 Å². The summed E-state index contributed by atoms with van der Waals surface area (Å²) in [5, 5.41) is 0. The van der Waals surface area contributed by atoms with Crippen LogP contribution in [0.4, 0.5) is 0 Å². The van der Waals surface area contributed by atoms with Crippen LogP contribution in [0, 0.1) is 0 Å². The maximum Gasteiger partial charge on any atom is 0.264 e. The van der Waals surface area contributed by atoms with Crippen molar-refractivity contribution in [3.8, 4) is 0 Å². The summed E-state index contributed by atoms with van der Waals surface area (Å²) in [6.07, 6.45) is 1.12. The summed E-state index contributed by atoms with van der Waals surface area (Å²) in [7, 11) is -3.48. The van der Waals surface area contributed by atoms with Gasteiger partial charge in [-0.05, 0) is 12.6 Å². The van der Waals surface area contributed by atoms with Gasteiger partial charge in [-0.2, -0.15) is 8.42 Å². The van der Waals surface area contributed by atoms with Gasteiger partial charge in [-0.3, -0.25) is 4.55 Å². The molecule has 0 radical (unpaired) electrons. The van der Waals surface area contributed by atoms with E-state index < -0.39 is 10.1 Å². The fourth-order valence-electron chi connectivity index (χ4n) is 0.357. The fraction of sp³-hybridized carbons (Fsp3) is 1.00. The van der Waals surface area contributed by atoms with Crippen LogP contribution in [0.2, 0.25) is 0 Å². The second-order valence-corrected chi connectivity index (χ2v) is 4.07. The molecule has 0 aromatic heterocycles. The summed E-state index contributed by atoms with van der Waals surface area (Å²) in [4.78, 5) is 0. The van der Waals surface area contributed by atoms with Crippen molar-refractivity contribution in [1.29, 1.82) is 0 Å². The first-order valence-electron chi connectivity index (χ1n) is 2.45. The molecule has 0 spiro atoms. The summed E-state index contributed by atoms with van der Waals surface area (Å²) < 4.78 is 28.2. The first kappa shape index (κ1) is 9.30. The van der Waals surface area contributed by atoms with E-state index in [0.717, 1.165) is 0 Å². The normalized spacial score (nSPS) is 13.1. The van der Waals surface area contributed by atoms with Crippen LogP contribution in [0.3, 0.4) is 0 Å². The lowest BCUT2D eigenvalue weighted by molar-refractivity contribution is 0.482. The standard InChI is InChI=1S/C3H10NO3PS/c4-8-2-1-3-9(5,6)7/h8H,1-4H2,(H,5,6,7). The number of hydrogen-bond donors (Lipinski definition) is 2. The first-order valence-corrected chi connectivity index (χ1v) is 5.34. The van der Waals surface area contributed by atoms with Gasteiger partial charge in [0.05, 0.1) is 5.75 Å². The molecular formula is C3H10NO3PS. The minimum atomic E-state index is -3.75. The van der Waals surface area contributed by atoms with Crippen LogP contribution in [-0.4, -0.2) is 24.9 Å². The zero-order valence-electron chi connectivity index (χ0n) is 4.87. The second-order valence-electron chi connectivity index (χ2n) is 1.59. The van der Waals surface area contributed by atoms with E-state index in [9.17, 15) is 8.42 Å². The average molecular weight is 171 g/mol. The number of hydrogen-bond acceptors (Lipinski definition) is 3. The van der Waals surface area contributed by atoms with Gasteiger partial charge in [0, 0.05) is 0 Å². The highest BCUT2D eigenvalue weighted by Crippen LogP contribution is 1.99. The van der Waals surface area contributed by atoms with Gasteiger partial charge in [0.25, 0.3) is 10.1 Å². The topological polar surface area (TPSA) is 80.4 Å². The Bertz CT molecular complexity index is 154.